The highest BCUT2D eigenvalue weighted by Crippen LogP contribution is 2.47. The van der Waals surface area contributed by atoms with Gasteiger partial charge in [-0.1, -0.05) is 44.7 Å². The van der Waals surface area contributed by atoms with E-state index in [2.05, 4.69) is 17.6 Å². The number of benzene rings is 1. The number of hydrogen-bond acceptors (Lipinski definition) is 2. The Morgan fingerprint density at radius 3 is 2.17 bits per heavy atom. The van der Waals surface area contributed by atoms with Gasteiger partial charge in [-0.25, -0.2) is 0 Å². The number of nitrogens with one attached hydrogen (secondary N) is 2. The zero-order valence-corrected chi connectivity index (χ0v) is 14.6. The van der Waals surface area contributed by atoms with Gasteiger partial charge in [-0.2, -0.15) is 0 Å². The summed E-state index contributed by atoms with van der Waals surface area (Å²) in [4.78, 5) is 25.3. The van der Waals surface area contributed by atoms with Crippen LogP contribution in [0.15, 0.2) is 24.3 Å². The molecule has 2 amide bonds. The number of anilines is 1. The molecule has 1 aromatic rings. The summed E-state index contributed by atoms with van der Waals surface area (Å²) in [5, 5.41) is 6.07. The van der Waals surface area contributed by atoms with Gasteiger partial charge in [-0.15, -0.1) is 0 Å². The normalized spacial score (nSPS) is 20.0. The molecule has 0 atom stereocenters. The third kappa shape index (κ3) is 3.80. The number of rotatable bonds is 5. The first-order valence-corrected chi connectivity index (χ1v) is 9.35. The van der Waals surface area contributed by atoms with Crippen molar-refractivity contribution in [2.45, 2.75) is 70.8 Å². The number of hydrogen-bond donors (Lipinski definition) is 2. The monoisotopic (exact) mass is 328 g/mol. The van der Waals surface area contributed by atoms with Crippen molar-refractivity contribution in [2.24, 2.45) is 5.41 Å². The predicted octanol–water partition coefficient (Wildman–Crippen LogP) is 3.81. The number of carbonyl (C=O) groups is 2. The molecule has 2 fully saturated rings. The van der Waals surface area contributed by atoms with Crippen molar-refractivity contribution in [1.82, 2.24) is 5.32 Å². The highest BCUT2D eigenvalue weighted by atomic mass is 16.2. The maximum Gasteiger partial charge on any atom is 0.240 e. The lowest BCUT2D eigenvalue weighted by Gasteiger charge is -2.21. The summed E-state index contributed by atoms with van der Waals surface area (Å²) in [6, 6.07) is 8.10. The van der Waals surface area contributed by atoms with E-state index in [9.17, 15) is 9.59 Å². The van der Waals surface area contributed by atoms with Crippen LogP contribution < -0.4 is 10.6 Å². The van der Waals surface area contributed by atoms with E-state index in [0.29, 0.717) is 12.8 Å². The Kier molecular flexibility index (Phi) is 5.22. The molecule has 0 bridgehead atoms. The molecule has 2 aliphatic carbocycles. The van der Waals surface area contributed by atoms with Crippen LogP contribution in [0.3, 0.4) is 0 Å². The molecule has 0 spiro atoms. The van der Waals surface area contributed by atoms with Crippen LogP contribution in [-0.4, -0.2) is 17.9 Å². The number of carbonyl (C=O) groups excluding carboxylic acids is 2. The fraction of sp³-hybridized carbons (Fsp3) is 0.600. The van der Waals surface area contributed by atoms with Crippen LogP contribution in [0.5, 0.6) is 0 Å². The predicted molar refractivity (Wildman–Crippen MR) is 95.7 cm³/mol. The van der Waals surface area contributed by atoms with Crippen molar-refractivity contribution in [3.05, 3.63) is 29.8 Å². The Bertz CT molecular complexity index is 582. The van der Waals surface area contributed by atoms with Gasteiger partial charge in [0.1, 0.15) is 5.41 Å². The standard InChI is InChI=1S/C20H28N2O2/c1-2-15-9-11-17(12-10-15)22-19(24)20(13-14-20)18(23)21-16-7-5-3-4-6-8-16/h9-12,16H,2-8,13-14H2,1H3,(H,21,23)(H,22,24). The molecule has 2 aliphatic rings. The minimum atomic E-state index is -0.838. The Morgan fingerprint density at radius 1 is 1.00 bits per heavy atom. The maximum absolute atomic E-state index is 12.7. The molecule has 130 valence electrons. The molecule has 1 aromatic carbocycles. The van der Waals surface area contributed by atoms with Gasteiger partial charge in [0.15, 0.2) is 0 Å². The van der Waals surface area contributed by atoms with E-state index >= 15 is 0 Å². The van der Waals surface area contributed by atoms with Gasteiger partial charge in [-0.3, -0.25) is 9.59 Å². The smallest absolute Gasteiger partial charge is 0.240 e. The Morgan fingerprint density at radius 2 is 1.62 bits per heavy atom. The minimum absolute atomic E-state index is 0.0721. The molecule has 2 saturated carbocycles. The summed E-state index contributed by atoms with van der Waals surface area (Å²) in [5.74, 6) is -0.227. The third-order valence-electron chi connectivity index (χ3n) is 5.43. The van der Waals surface area contributed by atoms with Crippen LogP contribution in [0.25, 0.3) is 0 Å². The highest BCUT2D eigenvalue weighted by Gasteiger charge is 2.56. The van der Waals surface area contributed by atoms with Crippen LogP contribution in [0.1, 0.15) is 63.9 Å². The summed E-state index contributed by atoms with van der Waals surface area (Å²) in [6.45, 7) is 2.10. The average Bonchev–Trinajstić information content (AvgIpc) is 3.41. The largest absolute Gasteiger partial charge is 0.352 e. The van der Waals surface area contributed by atoms with Gasteiger partial charge in [0.25, 0.3) is 0 Å². The van der Waals surface area contributed by atoms with Gasteiger partial charge >= 0.3 is 0 Å². The molecule has 4 heteroatoms. The van der Waals surface area contributed by atoms with Crippen LogP contribution >= 0.6 is 0 Å². The summed E-state index contributed by atoms with van der Waals surface area (Å²) in [6.07, 6.45) is 9.24. The third-order valence-corrected chi connectivity index (χ3v) is 5.43. The second-order valence-corrected chi connectivity index (χ2v) is 7.25. The van der Waals surface area contributed by atoms with Crippen molar-refractivity contribution in [3.8, 4) is 0 Å². The summed E-state index contributed by atoms with van der Waals surface area (Å²) in [5.41, 5.74) is 1.17. The quantitative estimate of drug-likeness (QED) is 0.638. The van der Waals surface area contributed by atoms with Crippen molar-refractivity contribution in [2.75, 3.05) is 5.32 Å². The fourth-order valence-corrected chi connectivity index (χ4v) is 3.50. The number of amides is 2. The van der Waals surface area contributed by atoms with Gasteiger partial charge in [0.2, 0.25) is 11.8 Å². The first kappa shape index (κ1) is 17.0. The van der Waals surface area contributed by atoms with Gasteiger partial charge in [0, 0.05) is 11.7 Å². The Hall–Kier alpha value is -1.84. The van der Waals surface area contributed by atoms with E-state index in [1.165, 1.54) is 31.2 Å². The van der Waals surface area contributed by atoms with Crippen LogP contribution in [0.4, 0.5) is 5.69 Å². The molecule has 3 rings (SSSR count). The second kappa shape index (κ2) is 7.37. The topological polar surface area (TPSA) is 58.2 Å². The van der Waals surface area contributed by atoms with Crippen molar-refractivity contribution >= 4 is 17.5 Å². The summed E-state index contributed by atoms with van der Waals surface area (Å²) < 4.78 is 0. The second-order valence-electron chi connectivity index (χ2n) is 7.25. The van der Waals surface area contributed by atoms with Gasteiger partial charge in [0.05, 0.1) is 0 Å². The zero-order chi connectivity index (χ0) is 17.0. The zero-order valence-electron chi connectivity index (χ0n) is 14.6. The Balaban J connectivity index is 1.59. The molecule has 0 aliphatic heterocycles. The summed E-state index contributed by atoms with van der Waals surface area (Å²) in [7, 11) is 0. The molecule has 24 heavy (non-hydrogen) atoms. The first-order valence-electron chi connectivity index (χ1n) is 9.35. The van der Waals surface area contributed by atoms with Crippen molar-refractivity contribution in [1.29, 1.82) is 0 Å². The average molecular weight is 328 g/mol. The molecule has 0 saturated heterocycles. The molecule has 0 radical (unpaired) electrons. The van der Waals surface area contributed by atoms with E-state index in [0.717, 1.165) is 24.9 Å². The molecule has 4 nitrogen and oxygen atoms in total. The molecule has 0 unspecified atom stereocenters. The van der Waals surface area contributed by atoms with Crippen molar-refractivity contribution < 1.29 is 9.59 Å². The van der Waals surface area contributed by atoms with E-state index in [-0.39, 0.29) is 17.9 Å². The lowest BCUT2D eigenvalue weighted by Crippen LogP contribution is -2.44. The van der Waals surface area contributed by atoms with Crippen molar-refractivity contribution in [3.63, 3.8) is 0 Å². The highest BCUT2D eigenvalue weighted by molar-refractivity contribution is 6.13. The molecule has 0 heterocycles. The lowest BCUT2D eigenvalue weighted by atomic mass is 10.0. The van der Waals surface area contributed by atoms with E-state index in [1.807, 2.05) is 24.3 Å². The molecule has 0 aromatic heterocycles. The van der Waals surface area contributed by atoms with Crippen LogP contribution in [0, 0.1) is 5.41 Å². The van der Waals surface area contributed by atoms with E-state index in [4.69, 9.17) is 0 Å². The molecule has 2 N–H and O–H groups in total. The van der Waals surface area contributed by atoms with Gasteiger partial charge in [-0.05, 0) is 49.8 Å². The maximum atomic E-state index is 12.7. The number of aryl methyl sites for hydroxylation is 1. The Labute approximate surface area is 144 Å². The molecular formula is C20H28N2O2. The van der Waals surface area contributed by atoms with Gasteiger partial charge < -0.3 is 10.6 Å². The SMILES string of the molecule is CCc1ccc(NC(=O)C2(C(=O)NC3CCCCCC3)CC2)cc1. The van der Waals surface area contributed by atoms with Crippen LogP contribution in [-0.2, 0) is 16.0 Å². The minimum Gasteiger partial charge on any atom is -0.352 e. The van der Waals surface area contributed by atoms with E-state index < -0.39 is 5.41 Å². The van der Waals surface area contributed by atoms with E-state index in [1.54, 1.807) is 0 Å². The summed E-state index contributed by atoms with van der Waals surface area (Å²) >= 11 is 0. The van der Waals surface area contributed by atoms with Crippen LogP contribution in [0.2, 0.25) is 0 Å². The lowest BCUT2D eigenvalue weighted by molar-refractivity contribution is -0.134. The molecular weight excluding hydrogens is 300 g/mol. The first-order chi connectivity index (χ1) is 11.6. The fourth-order valence-electron chi connectivity index (χ4n) is 3.50.